The number of carbonyl (C=O) groups excluding carboxylic acids is 2. The summed E-state index contributed by atoms with van der Waals surface area (Å²) in [6.45, 7) is 1.89. The lowest BCUT2D eigenvalue weighted by Gasteiger charge is -2.24. The zero-order valence-electron chi connectivity index (χ0n) is 12.4. The third kappa shape index (κ3) is 3.93. The molecule has 21 heavy (non-hydrogen) atoms. The van der Waals surface area contributed by atoms with E-state index in [0.29, 0.717) is 17.9 Å². The zero-order chi connectivity index (χ0) is 15.2. The Hall–Kier alpha value is -2.11. The van der Waals surface area contributed by atoms with E-state index in [1.165, 1.54) is 7.11 Å². The van der Waals surface area contributed by atoms with Gasteiger partial charge < -0.3 is 15.4 Å². The molecule has 2 rings (SSSR count). The fourth-order valence-corrected chi connectivity index (χ4v) is 2.12. The molecule has 0 bridgehead atoms. The average molecular weight is 291 g/mol. The molecule has 1 aromatic rings. The Morgan fingerprint density at radius 3 is 2.67 bits per heavy atom. The minimum atomic E-state index is -0.419. The van der Waals surface area contributed by atoms with Gasteiger partial charge in [0, 0.05) is 5.92 Å². The number of rotatable bonds is 6. The van der Waals surface area contributed by atoms with Crippen molar-refractivity contribution in [2.45, 2.75) is 38.6 Å². The normalized spacial score (nSPS) is 15.7. The van der Waals surface area contributed by atoms with Crippen LogP contribution in [0.4, 0.5) is 11.5 Å². The van der Waals surface area contributed by atoms with E-state index >= 15 is 0 Å². The van der Waals surface area contributed by atoms with Gasteiger partial charge >= 0.3 is 5.97 Å². The molecule has 6 heteroatoms. The number of ether oxygens (including phenoxy) is 1. The number of anilines is 2. The predicted octanol–water partition coefficient (Wildman–Crippen LogP) is 2.18. The van der Waals surface area contributed by atoms with Crippen molar-refractivity contribution in [1.82, 2.24) is 4.98 Å². The number of esters is 1. The summed E-state index contributed by atoms with van der Waals surface area (Å²) >= 11 is 0. The summed E-state index contributed by atoms with van der Waals surface area (Å²) in [5.41, 5.74) is 0.670. The number of hydrogen-bond acceptors (Lipinski definition) is 5. The molecule has 1 unspecified atom stereocenters. The summed E-state index contributed by atoms with van der Waals surface area (Å²) in [5.74, 6) is 0.465. The SMILES string of the molecule is CCC(Nc1ccc(NC(=O)C2CCC2)cn1)C(=O)OC. The van der Waals surface area contributed by atoms with Gasteiger partial charge in [-0.25, -0.2) is 9.78 Å². The molecule has 0 radical (unpaired) electrons. The van der Waals surface area contributed by atoms with Crippen molar-refractivity contribution in [3.05, 3.63) is 18.3 Å². The number of pyridine rings is 1. The Morgan fingerprint density at radius 2 is 2.19 bits per heavy atom. The smallest absolute Gasteiger partial charge is 0.328 e. The quantitative estimate of drug-likeness (QED) is 0.785. The van der Waals surface area contributed by atoms with Crippen molar-refractivity contribution in [3.63, 3.8) is 0 Å². The molecular formula is C15H21N3O3. The molecule has 1 aromatic heterocycles. The number of aromatic nitrogens is 1. The number of methoxy groups -OCH3 is 1. The van der Waals surface area contributed by atoms with Gasteiger partial charge in [0.05, 0.1) is 19.0 Å². The molecule has 114 valence electrons. The second-order valence-electron chi connectivity index (χ2n) is 5.18. The molecule has 2 N–H and O–H groups in total. The molecule has 1 heterocycles. The fourth-order valence-electron chi connectivity index (χ4n) is 2.12. The van der Waals surface area contributed by atoms with Gasteiger partial charge in [0.25, 0.3) is 0 Å². The largest absolute Gasteiger partial charge is 0.467 e. The van der Waals surface area contributed by atoms with E-state index < -0.39 is 6.04 Å². The predicted molar refractivity (Wildman–Crippen MR) is 79.9 cm³/mol. The van der Waals surface area contributed by atoms with Crippen molar-refractivity contribution in [3.8, 4) is 0 Å². The van der Waals surface area contributed by atoms with Gasteiger partial charge in [-0.05, 0) is 31.4 Å². The maximum atomic E-state index is 11.8. The van der Waals surface area contributed by atoms with Crippen LogP contribution in [-0.2, 0) is 14.3 Å². The summed E-state index contributed by atoms with van der Waals surface area (Å²) in [6, 6.07) is 3.09. The monoisotopic (exact) mass is 291 g/mol. The molecule has 1 aliphatic rings. The van der Waals surface area contributed by atoms with Crippen molar-refractivity contribution in [2.24, 2.45) is 5.92 Å². The van der Waals surface area contributed by atoms with E-state index in [-0.39, 0.29) is 17.8 Å². The molecule has 1 saturated carbocycles. The molecule has 0 saturated heterocycles. The van der Waals surface area contributed by atoms with Gasteiger partial charge in [-0.3, -0.25) is 4.79 Å². The van der Waals surface area contributed by atoms with E-state index in [0.717, 1.165) is 19.3 Å². The van der Waals surface area contributed by atoms with Gasteiger partial charge in [-0.1, -0.05) is 13.3 Å². The Balaban J connectivity index is 1.91. The molecule has 1 aliphatic carbocycles. The van der Waals surface area contributed by atoms with Crippen LogP contribution in [0.5, 0.6) is 0 Å². The summed E-state index contributed by atoms with van der Waals surface area (Å²) < 4.78 is 4.71. The van der Waals surface area contributed by atoms with Crippen LogP contribution in [0.2, 0.25) is 0 Å². The second kappa shape index (κ2) is 7.06. The number of hydrogen-bond donors (Lipinski definition) is 2. The highest BCUT2D eigenvalue weighted by Gasteiger charge is 2.25. The minimum Gasteiger partial charge on any atom is -0.467 e. The Labute approximate surface area is 124 Å². The van der Waals surface area contributed by atoms with Gasteiger partial charge in [-0.15, -0.1) is 0 Å². The third-order valence-corrected chi connectivity index (χ3v) is 3.72. The van der Waals surface area contributed by atoms with Gasteiger partial charge in [-0.2, -0.15) is 0 Å². The van der Waals surface area contributed by atoms with Gasteiger partial charge in [0.1, 0.15) is 11.9 Å². The van der Waals surface area contributed by atoms with E-state index in [9.17, 15) is 9.59 Å². The highest BCUT2D eigenvalue weighted by molar-refractivity contribution is 5.92. The molecular weight excluding hydrogens is 270 g/mol. The maximum Gasteiger partial charge on any atom is 0.328 e. The van der Waals surface area contributed by atoms with Crippen molar-refractivity contribution in [1.29, 1.82) is 0 Å². The summed E-state index contributed by atoms with van der Waals surface area (Å²) in [6.07, 6.45) is 5.26. The first-order valence-electron chi connectivity index (χ1n) is 7.25. The van der Waals surface area contributed by atoms with Crippen LogP contribution in [0, 0.1) is 5.92 Å². The Bertz CT molecular complexity index is 497. The lowest BCUT2D eigenvalue weighted by molar-refractivity contribution is -0.141. The zero-order valence-corrected chi connectivity index (χ0v) is 12.4. The van der Waals surface area contributed by atoms with E-state index in [1.54, 1.807) is 18.3 Å². The fraction of sp³-hybridized carbons (Fsp3) is 0.533. The highest BCUT2D eigenvalue weighted by Crippen LogP contribution is 2.27. The van der Waals surface area contributed by atoms with Crippen LogP contribution < -0.4 is 10.6 Å². The number of amides is 1. The molecule has 0 spiro atoms. The first kappa shape index (κ1) is 15.3. The minimum absolute atomic E-state index is 0.0600. The van der Waals surface area contributed by atoms with E-state index in [4.69, 9.17) is 4.74 Å². The summed E-state index contributed by atoms with van der Waals surface area (Å²) in [7, 11) is 1.36. The number of nitrogens with one attached hydrogen (secondary N) is 2. The molecule has 1 amide bonds. The van der Waals surface area contributed by atoms with Crippen molar-refractivity contribution < 1.29 is 14.3 Å². The summed E-state index contributed by atoms with van der Waals surface area (Å²) in [4.78, 5) is 27.5. The van der Waals surface area contributed by atoms with E-state index in [1.807, 2.05) is 6.92 Å². The van der Waals surface area contributed by atoms with Crippen LogP contribution >= 0.6 is 0 Å². The lowest BCUT2D eigenvalue weighted by Crippen LogP contribution is -2.30. The van der Waals surface area contributed by atoms with Gasteiger partial charge in [0.15, 0.2) is 0 Å². The lowest BCUT2D eigenvalue weighted by atomic mass is 9.85. The van der Waals surface area contributed by atoms with Crippen LogP contribution in [0.25, 0.3) is 0 Å². The van der Waals surface area contributed by atoms with Crippen LogP contribution in [-0.4, -0.2) is 30.0 Å². The standard InChI is InChI=1S/C15H21N3O3/c1-3-12(15(20)21-2)18-13-8-7-11(9-16-13)17-14(19)10-5-4-6-10/h7-10,12H,3-6H2,1-2H3,(H,16,18)(H,17,19). The summed E-state index contributed by atoms with van der Waals surface area (Å²) in [5, 5.41) is 5.86. The molecule has 6 nitrogen and oxygen atoms in total. The van der Waals surface area contributed by atoms with E-state index in [2.05, 4.69) is 15.6 Å². The molecule has 1 atom stereocenters. The van der Waals surface area contributed by atoms with Crippen molar-refractivity contribution in [2.75, 3.05) is 17.7 Å². The molecule has 1 fully saturated rings. The number of nitrogens with zero attached hydrogens (tertiary/aromatic N) is 1. The van der Waals surface area contributed by atoms with Crippen LogP contribution in [0.3, 0.4) is 0 Å². The molecule has 0 aromatic carbocycles. The first-order valence-corrected chi connectivity index (χ1v) is 7.25. The first-order chi connectivity index (χ1) is 10.1. The van der Waals surface area contributed by atoms with Crippen LogP contribution in [0.15, 0.2) is 18.3 Å². The second-order valence-corrected chi connectivity index (χ2v) is 5.18. The van der Waals surface area contributed by atoms with Gasteiger partial charge in [0.2, 0.25) is 5.91 Å². The average Bonchev–Trinajstić information content (AvgIpc) is 2.43. The molecule has 0 aliphatic heterocycles. The highest BCUT2D eigenvalue weighted by atomic mass is 16.5. The van der Waals surface area contributed by atoms with Crippen LogP contribution in [0.1, 0.15) is 32.6 Å². The maximum absolute atomic E-state index is 11.8. The third-order valence-electron chi connectivity index (χ3n) is 3.72. The Kier molecular flexibility index (Phi) is 5.14. The topological polar surface area (TPSA) is 80.3 Å². The Morgan fingerprint density at radius 1 is 1.43 bits per heavy atom. The number of carbonyl (C=O) groups is 2. The van der Waals surface area contributed by atoms with Crippen molar-refractivity contribution >= 4 is 23.4 Å².